The molecule has 0 heterocycles. The van der Waals surface area contributed by atoms with Crippen LogP contribution < -0.4 is 10.1 Å². The van der Waals surface area contributed by atoms with E-state index in [4.69, 9.17) is 16.3 Å². The second kappa shape index (κ2) is 7.38. The molecule has 0 saturated heterocycles. The Labute approximate surface area is 127 Å². The number of ether oxygens (including phenoxy) is 1. The summed E-state index contributed by atoms with van der Waals surface area (Å²) in [5, 5.41) is 3.57. The van der Waals surface area contributed by atoms with Crippen LogP contribution in [0.4, 0.5) is 8.78 Å². The number of rotatable bonds is 6. The lowest BCUT2D eigenvalue weighted by Gasteiger charge is -2.20. The second-order valence-electron chi connectivity index (χ2n) is 4.51. The van der Waals surface area contributed by atoms with Gasteiger partial charge < -0.3 is 10.1 Å². The molecule has 0 aliphatic heterocycles. The van der Waals surface area contributed by atoms with Gasteiger partial charge in [0.05, 0.1) is 6.04 Å². The van der Waals surface area contributed by atoms with Crippen molar-refractivity contribution >= 4 is 11.6 Å². The first kappa shape index (κ1) is 15.7. The molecule has 0 spiro atoms. The topological polar surface area (TPSA) is 21.3 Å². The van der Waals surface area contributed by atoms with Crippen LogP contribution in [-0.4, -0.2) is 13.2 Å². The molecule has 0 saturated carbocycles. The molecular weight excluding hydrogens is 296 g/mol. The summed E-state index contributed by atoms with van der Waals surface area (Å²) in [6.45, 7) is 2.54. The number of benzene rings is 2. The highest BCUT2D eigenvalue weighted by Crippen LogP contribution is 2.23. The van der Waals surface area contributed by atoms with Gasteiger partial charge in [0, 0.05) is 10.6 Å². The van der Waals surface area contributed by atoms with Crippen LogP contribution in [0.15, 0.2) is 42.5 Å². The molecule has 1 N–H and O–H groups in total. The molecule has 0 aliphatic rings. The van der Waals surface area contributed by atoms with Crippen LogP contribution in [0.5, 0.6) is 5.75 Å². The SMILES string of the molecule is CCNC(COc1cccc(Cl)c1)c1c(F)cccc1F. The molecule has 0 bridgehead atoms. The quantitative estimate of drug-likeness (QED) is 0.856. The van der Waals surface area contributed by atoms with Crippen molar-refractivity contribution in [1.29, 1.82) is 0 Å². The summed E-state index contributed by atoms with van der Waals surface area (Å²) < 4.78 is 33.3. The molecule has 112 valence electrons. The fourth-order valence-electron chi connectivity index (χ4n) is 2.07. The summed E-state index contributed by atoms with van der Waals surface area (Å²) in [7, 11) is 0. The Morgan fingerprint density at radius 2 is 1.81 bits per heavy atom. The summed E-state index contributed by atoms with van der Waals surface area (Å²) in [6, 6.07) is 10.1. The lowest BCUT2D eigenvalue weighted by atomic mass is 10.1. The second-order valence-corrected chi connectivity index (χ2v) is 4.95. The zero-order chi connectivity index (χ0) is 15.2. The molecule has 1 atom stereocenters. The van der Waals surface area contributed by atoms with Crippen molar-refractivity contribution in [2.45, 2.75) is 13.0 Å². The van der Waals surface area contributed by atoms with Gasteiger partial charge in [-0.05, 0) is 36.9 Å². The van der Waals surface area contributed by atoms with E-state index in [9.17, 15) is 8.78 Å². The Bertz CT molecular complexity index is 586. The molecule has 0 fully saturated rings. The monoisotopic (exact) mass is 311 g/mol. The highest BCUT2D eigenvalue weighted by Gasteiger charge is 2.20. The fourth-order valence-corrected chi connectivity index (χ4v) is 2.25. The Balaban J connectivity index is 2.16. The van der Waals surface area contributed by atoms with E-state index in [0.29, 0.717) is 17.3 Å². The predicted molar refractivity (Wildman–Crippen MR) is 79.7 cm³/mol. The summed E-state index contributed by atoms with van der Waals surface area (Å²) >= 11 is 5.87. The largest absolute Gasteiger partial charge is 0.492 e. The minimum Gasteiger partial charge on any atom is -0.492 e. The molecule has 0 radical (unpaired) electrons. The van der Waals surface area contributed by atoms with Crippen LogP contribution in [-0.2, 0) is 0 Å². The molecule has 1 unspecified atom stereocenters. The van der Waals surface area contributed by atoms with Gasteiger partial charge in [-0.2, -0.15) is 0 Å². The van der Waals surface area contributed by atoms with E-state index in [2.05, 4.69) is 5.32 Å². The van der Waals surface area contributed by atoms with Crippen molar-refractivity contribution in [3.05, 3.63) is 64.7 Å². The van der Waals surface area contributed by atoms with Gasteiger partial charge in [-0.25, -0.2) is 8.78 Å². The van der Waals surface area contributed by atoms with E-state index < -0.39 is 17.7 Å². The van der Waals surface area contributed by atoms with Gasteiger partial charge in [0.25, 0.3) is 0 Å². The number of likely N-dealkylation sites (N-methyl/N-ethyl adjacent to an activating group) is 1. The Morgan fingerprint density at radius 1 is 1.14 bits per heavy atom. The van der Waals surface area contributed by atoms with E-state index in [-0.39, 0.29) is 12.2 Å². The summed E-state index contributed by atoms with van der Waals surface area (Å²) in [6.07, 6.45) is 0. The number of nitrogens with one attached hydrogen (secondary N) is 1. The maximum atomic E-state index is 13.9. The number of hydrogen-bond donors (Lipinski definition) is 1. The third kappa shape index (κ3) is 4.16. The van der Waals surface area contributed by atoms with Crippen LogP contribution in [0, 0.1) is 11.6 Å². The summed E-state index contributed by atoms with van der Waals surface area (Å²) in [5.74, 6) is -0.617. The maximum Gasteiger partial charge on any atom is 0.131 e. The van der Waals surface area contributed by atoms with Crippen molar-refractivity contribution in [3.63, 3.8) is 0 Å². The van der Waals surface area contributed by atoms with E-state index in [1.165, 1.54) is 18.2 Å². The Morgan fingerprint density at radius 3 is 2.43 bits per heavy atom. The lowest BCUT2D eigenvalue weighted by Crippen LogP contribution is -2.28. The van der Waals surface area contributed by atoms with Crippen LogP contribution >= 0.6 is 11.6 Å². The molecule has 2 aromatic carbocycles. The third-order valence-electron chi connectivity index (χ3n) is 3.01. The molecule has 2 rings (SSSR count). The van der Waals surface area contributed by atoms with Crippen molar-refractivity contribution in [2.24, 2.45) is 0 Å². The van der Waals surface area contributed by atoms with E-state index in [1.807, 2.05) is 6.92 Å². The first-order valence-electron chi connectivity index (χ1n) is 6.67. The van der Waals surface area contributed by atoms with E-state index >= 15 is 0 Å². The minimum absolute atomic E-state index is 0.0126. The first-order valence-corrected chi connectivity index (χ1v) is 7.05. The van der Waals surface area contributed by atoms with Gasteiger partial charge in [0.1, 0.15) is 24.0 Å². The highest BCUT2D eigenvalue weighted by molar-refractivity contribution is 6.30. The maximum absolute atomic E-state index is 13.9. The normalized spacial score (nSPS) is 12.2. The number of hydrogen-bond acceptors (Lipinski definition) is 2. The highest BCUT2D eigenvalue weighted by atomic mass is 35.5. The molecule has 0 aliphatic carbocycles. The minimum atomic E-state index is -0.587. The predicted octanol–water partition coefficient (Wildman–Crippen LogP) is 4.35. The fraction of sp³-hybridized carbons (Fsp3) is 0.250. The van der Waals surface area contributed by atoms with Crippen LogP contribution in [0.1, 0.15) is 18.5 Å². The zero-order valence-electron chi connectivity index (χ0n) is 11.6. The van der Waals surface area contributed by atoms with Crippen LogP contribution in [0.2, 0.25) is 5.02 Å². The van der Waals surface area contributed by atoms with Gasteiger partial charge in [-0.3, -0.25) is 0 Å². The smallest absolute Gasteiger partial charge is 0.131 e. The third-order valence-corrected chi connectivity index (χ3v) is 3.25. The van der Waals surface area contributed by atoms with Crippen molar-refractivity contribution in [3.8, 4) is 5.75 Å². The average molecular weight is 312 g/mol. The molecule has 2 aromatic rings. The first-order chi connectivity index (χ1) is 10.1. The molecular formula is C16H16ClF2NO. The summed E-state index contributed by atoms with van der Waals surface area (Å²) in [4.78, 5) is 0. The summed E-state index contributed by atoms with van der Waals surface area (Å²) in [5.41, 5.74) is -0.0126. The number of halogens is 3. The van der Waals surface area contributed by atoms with Crippen molar-refractivity contribution in [2.75, 3.05) is 13.2 Å². The lowest BCUT2D eigenvalue weighted by molar-refractivity contribution is 0.261. The molecule has 0 amide bonds. The Hall–Kier alpha value is -1.65. The van der Waals surface area contributed by atoms with Crippen LogP contribution in [0.3, 0.4) is 0 Å². The van der Waals surface area contributed by atoms with E-state index in [1.54, 1.807) is 24.3 Å². The van der Waals surface area contributed by atoms with Crippen LogP contribution in [0.25, 0.3) is 0 Å². The van der Waals surface area contributed by atoms with Gasteiger partial charge in [0.2, 0.25) is 0 Å². The van der Waals surface area contributed by atoms with Crippen molar-refractivity contribution < 1.29 is 13.5 Å². The molecule has 21 heavy (non-hydrogen) atoms. The zero-order valence-corrected chi connectivity index (χ0v) is 12.3. The van der Waals surface area contributed by atoms with Gasteiger partial charge >= 0.3 is 0 Å². The molecule has 0 aromatic heterocycles. The Kier molecular flexibility index (Phi) is 5.53. The van der Waals surface area contributed by atoms with Gasteiger partial charge in [0.15, 0.2) is 0 Å². The van der Waals surface area contributed by atoms with Crippen molar-refractivity contribution in [1.82, 2.24) is 5.32 Å². The molecule has 2 nitrogen and oxygen atoms in total. The van der Waals surface area contributed by atoms with Gasteiger partial charge in [-0.15, -0.1) is 0 Å². The standard InChI is InChI=1S/C16H16ClF2NO/c1-2-20-15(16-13(18)7-4-8-14(16)19)10-21-12-6-3-5-11(17)9-12/h3-9,15,20H,2,10H2,1H3. The average Bonchev–Trinajstić information content (AvgIpc) is 2.44. The van der Waals surface area contributed by atoms with Gasteiger partial charge in [-0.1, -0.05) is 30.7 Å². The van der Waals surface area contributed by atoms with E-state index in [0.717, 1.165) is 0 Å². The molecule has 5 heteroatoms.